The molecule has 0 aromatic heterocycles. The van der Waals surface area contributed by atoms with E-state index in [0.717, 1.165) is 6.07 Å². The van der Waals surface area contributed by atoms with Gasteiger partial charge in [-0.25, -0.2) is 4.79 Å². The molecule has 2 rings (SSSR count). The lowest BCUT2D eigenvalue weighted by atomic mass is 9.78. The van der Waals surface area contributed by atoms with Gasteiger partial charge in [0.1, 0.15) is 5.60 Å². The van der Waals surface area contributed by atoms with Crippen LogP contribution in [0.4, 0.5) is 18.0 Å². The molecule has 0 saturated heterocycles. The summed E-state index contributed by atoms with van der Waals surface area (Å²) >= 11 is 0. The third kappa shape index (κ3) is 6.13. The van der Waals surface area contributed by atoms with Crippen LogP contribution in [0.1, 0.15) is 57.1 Å². The van der Waals surface area contributed by atoms with Crippen LogP contribution in [-0.4, -0.2) is 42.8 Å². The van der Waals surface area contributed by atoms with Gasteiger partial charge >= 0.3 is 12.3 Å². The van der Waals surface area contributed by atoms with Crippen LogP contribution in [0.5, 0.6) is 0 Å². The van der Waals surface area contributed by atoms with Gasteiger partial charge in [0.25, 0.3) is 0 Å². The Morgan fingerprint density at radius 2 is 1.85 bits per heavy atom. The lowest BCUT2D eigenvalue weighted by Crippen LogP contribution is -2.53. The standard InChI is InChI=1S/C20H29F3N2O2/c1-19(2,3)27-18(26)24-16-10-9-14(12-17(16)25(4)5)13-7-6-8-15(11-13)20(21,22)23/h6-8,11,14,16-17H,9-10,12H2,1-5H3,(H,24,26)/t14-,16-,17-/m0/s1. The van der Waals surface area contributed by atoms with Gasteiger partial charge in [0.15, 0.2) is 0 Å². The van der Waals surface area contributed by atoms with Crippen molar-refractivity contribution in [2.24, 2.45) is 0 Å². The highest BCUT2D eigenvalue weighted by atomic mass is 19.4. The topological polar surface area (TPSA) is 41.6 Å². The summed E-state index contributed by atoms with van der Waals surface area (Å²) in [6, 6.07) is 5.49. The summed E-state index contributed by atoms with van der Waals surface area (Å²) in [5.41, 5.74) is -0.491. The molecule has 1 aliphatic carbocycles. The first-order valence-electron chi connectivity index (χ1n) is 9.20. The smallest absolute Gasteiger partial charge is 0.416 e. The molecule has 1 N–H and O–H groups in total. The van der Waals surface area contributed by atoms with Gasteiger partial charge in [-0.3, -0.25) is 0 Å². The Morgan fingerprint density at radius 3 is 2.41 bits per heavy atom. The molecule has 0 spiro atoms. The van der Waals surface area contributed by atoms with E-state index in [4.69, 9.17) is 4.74 Å². The largest absolute Gasteiger partial charge is 0.444 e. The Balaban J connectivity index is 2.11. The summed E-state index contributed by atoms with van der Waals surface area (Å²) < 4.78 is 44.4. The molecule has 0 aliphatic heterocycles. The van der Waals surface area contributed by atoms with E-state index in [-0.39, 0.29) is 18.0 Å². The molecule has 152 valence electrons. The van der Waals surface area contributed by atoms with Crippen molar-refractivity contribution in [3.8, 4) is 0 Å². The Bertz CT molecular complexity index is 653. The second-order valence-electron chi connectivity index (χ2n) is 8.42. The number of nitrogens with one attached hydrogen (secondary N) is 1. The van der Waals surface area contributed by atoms with Crippen LogP contribution in [0.2, 0.25) is 0 Å². The van der Waals surface area contributed by atoms with Crippen molar-refractivity contribution >= 4 is 6.09 Å². The van der Waals surface area contributed by atoms with Crippen molar-refractivity contribution in [3.05, 3.63) is 35.4 Å². The number of alkyl halides is 3. The number of halogens is 3. The summed E-state index contributed by atoms with van der Waals surface area (Å²) in [6.07, 6.45) is -2.73. The van der Waals surface area contributed by atoms with E-state index in [1.807, 2.05) is 19.0 Å². The predicted octanol–water partition coefficient (Wildman–Crippen LogP) is 4.80. The van der Waals surface area contributed by atoms with E-state index in [0.29, 0.717) is 24.8 Å². The molecule has 3 atom stereocenters. The second-order valence-corrected chi connectivity index (χ2v) is 8.42. The normalized spacial score (nSPS) is 24.0. The Morgan fingerprint density at radius 1 is 1.19 bits per heavy atom. The van der Waals surface area contributed by atoms with E-state index in [1.54, 1.807) is 26.8 Å². The zero-order valence-corrected chi connectivity index (χ0v) is 16.6. The number of alkyl carbamates (subject to hydrolysis) is 1. The fourth-order valence-electron chi connectivity index (χ4n) is 3.62. The van der Waals surface area contributed by atoms with Gasteiger partial charge in [0.2, 0.25) is 0 Å². The zero-order valence-electron chi connectivity index (χ0n) is 16.6. The van der Waals surface area contributed by atoms with Crippen molar-refractivity contribution in [2.75, 3.05) is 14.1 Å². The molecule has 1 aromatic carbocycles. The molecule has 0 unspecified atom stereocenters. The molecule has 27 heavy (non-hydrogen) atoms. The quantitative estimate of drug-likeness (QED) is 0.812. The van der Waals surface area contributed by atoms with Crippen molar-refractivity contribution in [1.82, 2.24) is 10.2 Å². The lowest BCUT2D eigenvalue weighted by Gasteiger charge is -2.40. The van der Waals surface area contributed by atoms with E-state index in [2.05, 4.69) is 5.32 Å². The van der Waals surface area contributed by atoms with E-state index >= 15 is 0 Å². The highest BCUT2D eigenvalue weighted by Crippen LogP contribution is 2.37. The predicted molar refractivity (Wildman–Crippen MR) is 98.7 cm³/mol. The van der Waals surface area contributed by atoms with Crippen LogP contribution in [0.3, 0.4) is 0 Å². The van der Waals surface area contributed by atoms with Gasteiger partial charge in [-0.1, -0.05) is 18.2 Å². The van der Waals surface area contributed by atoms with Crippen LogP contribution in [0, 0.1) is 0 Å². The van der Waals surface area contributed by atoms with Gasteiger partial charge in [-0.2, -0.15) is 13.2 Å². The van der Waals surface area contributed by atoms with Crippen molar-refractivity contribution in [3.63, 3.8) is 0 Å². The van der Waals surface area contributed by atoms with Gasteiger partial charge < -0.3 is 15.0 Å². The minimum absolute atomic E-state index is 0.0193. The third-order valence-corrected chi connectivity index (χ3v) is 4.87. The van der Waals surface area contributed by atoms with Gasteiger partial charge in [-0.05, 0) is 71.7 Å². The molecular formula is C20H29F3N2O2. The molecule has 0 bridgehead atoms. The van der Waals surface area contributed by atoms with Crippen LogP contribution in [0.25, 0.3) is 0 Å². The number of benzene rings is 1. The number of amides is 1. The number of likely N-dealkylation sites (N-methyl/N-ethyl adjacent to an activating group) is 1. The number of hydrogen-bond acceptors (Lipinski definition) is 3. The fraction of sp³-hybridized carbons (Fsp3) is 0.650. The van der Waals surface area contributed by atoms with Gasteiger partial charge in [0, 0.05) is 12.1 Å². The van der Waals surface area contributed by atoms with E-state index in [9.17, 15) is 18.0 Å². The minimum atomic E-state index is -4.34. The summed E-state index contributed by atoms with van der Waals surface area (Å²) in [5.74, 6) is 0.0244. The van der Waals surface area contributed by atoms with Crippen LogP contribution in [-0.2, 0) is 10.9 Å². The molecule has 1 aliphatic rings. The molecule has 0 radical (unpaired) electrons. The summed E-state index contributed by atoms with van der Waals surface area (Å²) in [4.78, 5) is 14.1. The molecule has 1 aromatic rings. The maximum atomic E-state index is 13.0. The summed E-state index contributed by atoms with van der Waals surface area (Å²) in [7, 11) is 3.84. The summed E-state index contributed by atoms with van der Waals surface area (Å²) in [6.45, 7) is 5.42. The van der Waals surface area contributed by atoms with Crippen LogP contribution in [0.15, 0.2) is 24.3 Å². The summed E-state index contributed by atoms with van der Waals surface area (Å²) in [5, 5.41) is 2.93. The second kappa shape index (κ2) is 8.09. The van der Waals surface area contributed by atoms with Crippen LogP contribution >= 0.6 is 0 Å². The fourth-order valence-corrected chi connectivity index (χ4v) is 3.62. The SMILES string of the molecule is CN(C)[C@H]1C[C@@H](c2cccc(C(F)(F)F)c2)CC[C@@H]1NC(=O)OC(C)(C)C. The maximum Gasteiger partial charge on any atom is 0.416 e. The minimum Gasteiger partial charge on any atom is -0.444 e. The Kier molecular flexibility index (Phi) is 6.45. The number of hydrogen-bond donors (Lipinski definition) is 1. The Hall–Kier alpha value is -1.76. The average molecular weight is 386 g/mol. The van der Waals surface area contributed by atoms with E-state index < -0.39 is 23.4 Å². The average Bonchev–Trinajstić information content (AvgIpc) is 2.52. The highest BCUT2D eigenvalue weighted by molar-refractivity contribution is 5.68. The molecular weight excluding hydrogens is 357 g/mol. The molecule has 1 amide bonds. The number of ether oxygens (including phenoxy) is 1. The van der Waals surface area contributed by atoms with Crippen molar-refractivity contribution in [2.45, 2.75) is 69.8 Å². The maximum absolute atomic E-state index is 13.0. The highest BCUT2D eigenvalue weighted by Gasteiger charge is 2.36. The Labute approximate surface area is 159 Å². The zero-order chi connectivity index (χ0) is 20.4. The number of carbonyl (C=O) groups excluding carboxylic acids is 1. The van der Waals surface area contributed by atoms with E-state index in [1.165, 1.54) is 12.1 Å². The number of carbonyl (C=O) groups is 1. The first-order valence-corrected chi connectivity index (χ1v) is 9.20. The third-order valence-electron chi connectivity index (χ3n) is 4.87. The van der Waals surface area contributed by atoms with Gasteiger partial charge in [0.05, 0.1) is 5.56 Å². The molecule has 4 nitrogen and oxygen atoms in total. The number of nitrogens with zero attached hydrogens (tertiary/aromatic N) is 1. The van der Waals surface area contributed by atoms with Crippen molar-refractivity contribution < 1.29 is 22.7 Å². The van der Waals surface area contributed by atoms with Crippen LogP contribution < -0.4 is 5.32 Å². The molecule has 0 heterocycles. The van der Waals surface area contributed by atoms with Gasteiger partial charge in [-0.15, -0.1) is 0 Å². The lowest BCUT2D eigenvalue weighted by molar-refractivity contribution is -0.137. The monoisotopic (exact) mass is 386 g/mol. The first-order chi connectivity index (χ1) is 12.4. The van der Waals surface area contributed by atoms with Crippen molar-refractivity contribution in [1.29, 1.82) is 0 Å². The molecule has 1 saturated carbocycles. The first kappa shape index (κ1) is 21.5. The molecule has 1 fully saturated rings. The molecule has 7 heteroatoms. The number of rotatable bonds is 3.